The van der Waals surface area contributed by atoms with Gasteiger partial charge in [0, 0.05) is 32.1 Å². The van der Waals surface area contributed by atoms with Gasteiger partial charge >= 0.3 is 5.76 Å². The highest BCUT2D eigenvalue weighted by Gasteiger charge is 2.41. The first-order valence-electron chi connectivity index (χ1n) is 11.9. The fourth-order valence-electron chi connectivity index (χ4n) is 5.05. The zero-order valence-corrected chi connectivity index (χ0v) is 21.0. The van der Waals surface area contributed by atoms with Crippen LogP contribution in [0.4, 0.5) is 0 Å². The van der Waals surface area contributed by atoms with E-state index in [2.05, 4.69) is 36.4 Å². The maximum Gasteiger partial charge on any atom is 0.437 e. The molecule has 188 valence electrons. The van der Waals surface area contributed by atoms with Crippen LogP contribution in [-0.2, 0) is 28.7 Å². The Hall–Kier alpha value is -3.27. The molecule has 1 unspecified atom stereocenters. The number of fused-ring (bicyclic) bond motifs is 1. The summed E-state index contributed by atoms with van der Waals surface area (Å²) >= 11 is 0. The van der Waals surface area contributed by atoms with Crippen molar-refractivity contribution in [2.45, 2.75) is 70.6 Å². The molecule has 35 heavy (non-hydrogen) atoms. The Bertz CT molecular complexity index is 1210. The molecule has 1 atom stereocenters. The maximum atomic E-state index is 13.3. The molecule has 0 saturated carbocycles. The molecule has 2 amide bonds. The molecule has 10 nitrogen and oxygen atoms in total. The Balaban J connectivity index is 1.36. The molecule has 1 aromatic carbocycles. The smallest absolute Gasteiger partial charge is 0.384 e. The van der Waals surface area contributed by atoms with Crippen LogP contribution in [0.25, 0.3) is 0 Å². The van der Waals surface area contributed by atoms with Crippen LogP contribution >= 0.6 is 0 Å². The topological polar surface area (TPSA) is 118 Å². The molecule has 1 saturated heterocycles. The molecular formula is C25H33N5O5. The Labute approximate surface area is 204 Å². The Kier molecular flexibility index (Phi) is 6.44. The fraction of sp³-hybridized carbons (Fsp3) is 0.560. The lowest BCUT2D eigenvalue weighted by molar-refractivity contribution is -0.138. The van der Waals surface area contributed by atoms with Crippen molar-refractivity contribution in [3.05, 3.63) is 51.8 Å². The summed E-state index contributed by atoms with van der Waals surface area (Å²) in [6, 6.07) is 7.38. The van der Waals surface area contributed by atoms with Crippen LogP contribution in [0.1, 0.15) is 68.8 Å². The fourth-order valence-corrected chi connectivity index (χ4v) is 5.05. The van der Waals surface area contributed by atoms with Gasteiger partial charge in [-0.3, -0.25) is 14.4 Å². The molecule has 2 aromatic rings. The Morgan fingerprint density at radius 1 is 1.20 bits per heavy atom. The van der Waals surface area contributed by atoms with Crippen molar-refractivity contribution in [2.75, 3.05) is 13.1 Å². The summed E-state index contributed by atoms with van der Waals surface area (Å²) in [5.74, 6) is -1.71. The van der Waals surface area contributed by atoms with Gasteiger partial charge in [-0.15, -0.1) is 5.10 Å². The summed E-state index contributed by atoms with van der Waals surface area (Å²) in [5, 5.41) is 7.03. The number of nitrogens with one attached hydrogen (secondary N) is 1. The number of ketones is 1. The van der Waals surface area contributed by atoms with Gasteiger partial charge in [0.25, 0.3) is 5.89 Å². The summed E-state index contributed by atoms with van der Waals surface area (Å²) in [6.45, 7) is 8.88. The Morgan fingerprint density at radius 3 is 2.57 bits per heavy atom. The van der Waals surface area contributed by atoms with Crippen LogP contribution in [0, 0.1) is 0 Å². The minimum atomic E-state index is -0.721. The summed E-state index contributed by atoms with van der Waals surface area (Å²) in [4.78, 5) is 54.0. The lowest BCUT2D eigenvalue weighted by Crippen LogP contribution is -2.51. The van der Waals surface area contributed by atoms with Gasteiger partial charge in [0.1, 0.15) is 6.04 Å². The standard InChI is InChI=1S/C25H33N5O5/c1-24(2,13-19(31)30-15-16-9-6-7-10-17(16)25(30,3)4)26-14-20(32)29-12-8-11-18(29)21(33)22-27-28(5)23(34)35-22/h6-7,9-10,18,26H,8,11-15H2,1-5H3. The van der Waals surface area contributed by atoms with Crippen molar-refractivity contribution < 1.29 is 18.8 Å². The zero-order valence-electron chi connectivity index (χ0n) is 21.0. The number of carbonyl (C=O) groups is 3. The van der Waals surface area contributed by atoms with E-state index in [-0.39, 0.29) is 30.7 Å². The van der Waals surface area contributed by atoms with Crippen molar-refractivity contribution in [1.82, 2.24) is 24.9 Å². The van der Waals surface area contributed by atoms with E-state index >= 15 is 0 Å². The van der Waals surface area contributed by atoms with E-state index < -0.39 is 28.7 Å². The number of nitrogens with zero attached hydrogens (tertiary/aromatic N) is 4. The molecule has 10 heteroatoms. The van der Waals surface area contributed by atoms with E-state index in [1.165, 1.54) is 11.9 Å². The molecule has 1 aromatic heterocycles. The third-order valence-electron chi connectivity index (χ3n) is 7.07. The van der Waals surface area contributed by atoms with Crippen molar-refractivity contribution in [3.63, 3.8) is 0 Å². The van der Waals surface area contributed by atoms with Gasteiger partial charge in [-0.2, -0.15) is 4.68 Å². The highest BCUT2D eigenvalue weighted by molar-refractivity contribution is 5.98. The SMILES string of the molecule is Cn1nc(C(=O)C2CCCN2C(=O)CNC(C)(C)CC(=O)N2Cc3ccccc3C2(C)C)oc1=O. The average Bonchev–Trinajstić information content (AvgIpc) is 3.48. The molecule has 0 spiro atoms. The number of hydrogen-bond acceptors (Lipinski definition) is 7. The first-order valence-corrected chi connectivity index (χ1v) is 11.9. The molecule has 4 rings (SSSR count). The van der Waals surface area contributed by atoms with Gasteiger partial charge in [0.05, 0.1) is 12.1 Å². The molecule has 0 aliphatic carbocycles. The second-order valence-electron chi connectivity index (χ2n) is 10.5. The molecule has 1 N–H and O–H groups in total. The number of hydrogen-bond donors (Lipinski definition) is 1. The zero-order chi connectivity index (χ0) is 25.5. The highest BCUT2D eigenvalue weighted by Crippen LogP contribution is 2.39. The van der Waals surface area contributed by atoms with E-state index in [1.54, 1.807) is 0 Å². The first kappa shape index (κ1) is 24.8. The van der Waals surface area contributed by atoms with E-state index in [0.717, 1.165) is 15.8 Å². The number of aryl methyl sites for hydroxylation is 1. The van der Waals surface area contributed by atoms with Gasteiger partial charge < -0.3 is 19.5 Å². The normalized spacial score (nSPS) is 19.2. The van der Waals surface area contributed by atoms with Gasteiger partial charge in [-0.25, -0.2) is 4.79 Å². The summed E-state index contributed by atoms with van der Waals surface area (Å²) < 4.78 is 5.87. The number of carbonyl (C=O) groups excluding carboxylic acids is 3. The second kappa shape index (κ2) is 9.07. The molecule has 3 heterocycles. The van der Waals surface area contributed by atoms with Crippen molar-refractivity contribution >= 4 is 17.6 Å². The predicted molar refractivity (Wildman–Crippen MR) is 128 cm³/mol. The highest BCUT2D eigenvalue weighted by atomic mass is 16.4. The van der Waals surface area contributed by atoms with Gasteiger partial charge in [-0.05, 0) is 51.7 Å². The lowest BCUT2D eigenvalue weighted by atomic mass is 9.92. The number of aromatic nitrogens is 2. The van der Waals surface area contributed by atoms with Gasteiger partial charge in [0.2, 0.25) is 17.6 Å². The molecule has 2 aliphatic heterocycles. The van der Waals surface area contributed by atoms with Crippen LogP contribution in [0.5, 0.6) is 0 Å². The average molecular weight is 484 g/mol. The first-order chi connectivity index (χ1) is 16.4. The number of amides is 2. The van der Waals surface area contributed by atoms with E-state index in [4.69, 9.17) is 4.42 Å². The van der Waals surface area contributed by atoms with E-state index in [9.17, 15) is 19.2 Å². The van der Waals surface area contributed by atoms with Crippen molar-refractivity contribution in [2.24, 2.45) is 7.05 Å². The Morgan fingerprint density at radius 2 is 1.91 bits per heavy atom. The minimum Gasteiger partial charge on any atom is -0.384 e. The molecule has 1 fully saturated rings. The van der Waals surface area contributed by atoms with Crippen LogP contribution in [0.3, 0.4) is 0 Å². The second-order valence-corrected chi connectivity index (χ2v) is 10.5. The largest absolute Gasteiger partial charge is 0.437 e. The van der Waals surface area contributed by atoms with Crippen LogP contribution in [0.2, 0.25) is 0 Å². The number of Topliss-reactive ketones (excluding diaryl/α,β-unsaturated/α-hetero) is 1. The quantitative estimate of drug-likeness (QED) is 0.594. The number of rotatable bonds is 7. The van der Waals surface area contributed by atoms with Crippen molar-refractivity contribution in [3.8, 4) is 0 Å². The molecule has 0 bridgehead atoms. The van der Waals surface area contributed by atoms with Crippen LogP contribution < -0.4 is 11.1 Å². The summed E-state index contributed by atoms with van der Waals surface area (Å²) in [7, 11) is 1.40. The lowest BCUT2D eigenvalue weighted by Gasteiger charge is -2.36. The number of likely N-dealkylation sites (tertiary alicyclic amines) is 1. The van der Waals surface area contributed by atoms with Gasteiger partial charge in [-0.1, -0.05) is 24.3 Å². The monoisotopic (exact) mass is 483 g/mol. The predicted octanol–water partition coefficient (Wildman–Crippen LogP) is 1.58. The summed E-state index contributed by atoms with van der Waals surface area (Å²) in [5.41, 5.74) is 1.27. The number of benzene rings is 1. The van der Waals surface area contributed by atoms with Crippen LogP contribution in [0.15, 0.2) is 33.5 Å². The molecule has 0 radical (unpaired) electrons. The third-order valence-corrected chi connectivity index (χ3v) is 7.07. The van der Waals surface area contributed by atoms with E-state index in [0.29, 0.717) is 25.9 Å². The van der Waals surface area contributed by atoms with Crippen LogP contribution in [-0.4, -0.2) is 61.8 Å². The maximum absolute atomic E-state index is 13.3. The third kappa shape index (κ3) is 4.80. The van der Waals surface area contributed by atoms with E-state index in [1.807, 2.05) is 30.9 Å². The van der Waals surface area contributed by atoms with Crippen molar-refractivity contribution in [1.29, 1.82) is 0 Å². The summed E-state index contributed by atoms with van der Waals surface area (Å²) in [6.07, 6.45) is 1.38. The molecule has 2 aliphatic rings. The minimum absolute atomic E-state index is 0.00977. The van der Waals surface area contributed by atoms with Gasteiger partial charge in [0.15, 0.2) is 0 Å². The molecular weight excluding hydrogens is 450 g/mol.